The van der Waals surface area contributed by atoms with Crippen LogP contribution in [0.5, 0.6) is 0 Å². The van der Waals surface area contributed by atoms with Crippen LogP contribution in [0.4, 0.5) is 11.4 Å². The van der Waals surface area contributed by atoms with E-state index < -0.39 is 0 Å². The second kappa shape index (κ2) is 8.83. The highest BCUT2D eigenvalue weighted by Crippen LogP contribution is 2.22. The second-order valence-corrected chi connectivity index (χ2v) is 6.43. The second-order valence-electron chi connectivity index (χ2n) is 5.59. The van der Waals surface area contributed by atoms with Crippen LogP contribution in [0.3, 0.4) is 0 Å². The molecular weight excluding hydrogens is 354 g/mol. The number of carbonyl (C=O) groups is 1. The summed E-state index contributed by atoms with van der Waals surface area (Å²) in [4.78, 5) is 14.5. The predicted octanol–water partition coefficient (Wildman–Crippen LogP) is 4.62. The molecule has 0 aliphatic heterocycles. The first-order valence-corrected chi connectivity index (χ1v) is 8.96. The molecule has 6 heteroatoms. The van der Waals surface area contributed by atoms with Crippen LogP contribution in [0.25, 0.3) is 0 Å². The van der Waals surface area contributed by atoms with Crippen molar-refractivity contribution in [3.05, 3.63) is 58.6 Å². The smallest absolute Gasteiger partial charge is 0.257 e. The van der Waals surface area contributed by atoms with Crippen LogP contribution in [-0.4, -0.2) is 24.1 Å². The molecule has 0 radical (unpaired) electrons. The Kier molecular flexibility index (Phi) is 6.79. The van der Waals surface area contributed by atoms with Gasteiger partial charge in [0.25, 0.3) is 5.91 Å². The number of benzene rings is 2. The van der Waals surface area contributed by atoms with E-state index in [0.717, 1.165) is 24.3 Å². The van der Waals surface area contributed by atoms with Gasteiger partial charge in [-0.2, -0.15) is 0 Å². The lowest BCUT2D eigenvalue weighted by Gasteiger charge is -2.22. The fraction of sp³-hybridized carbons (Fsp3) is 0.263. The number of thiocarbonyl (C=S) groups is 1. The Bertz CT molecular complexity index is 775. The van der Waals surface area contributed by atoms with Crippen molar-refractivity contribution in [1.29, 1.82) is 0 Å². The largest absolute Gasteiger partial charge is 0.372 e. The lowest BCUT2D eigenvalue weighted by atomic mass is 10.1. The molecule has 0 heterocycles. The normalized spacial score (nSPS) is 10.2. The summed E-state index contributed by atoms with van der Waals surface area (Å²) in [6.45, 7) is 8.18. The molecule has 2 N–H and O–H groups in total. The molecule has 132 valence electrons. The molecule has 0 unspecified atom stereocenters. The van der Waals surface area contributed by atoms with Gasteiger partial charge in [0.2, 0.25) is 0 Å². The van der Waals surface area contributed by atoms with Crippen LogP contribution in [0, 0.1) is 6.92 Å². The number of amides is 1. The first kappa shape index (κ1) is 19.2. The molecular formula is C19H22ClN3OS. The highest BCUT2D eigenvalue weighted by molar-refractivity contribution is 7.80. The van der Waals surface area contributed by atoms with Gasteiger partial charge in [0.05, 0.1) is 0 Å². The maximum atomic E-state index is 12.2. The summed E-state index contributed by atoms with van der Waals surface area (Å²) in [7, 11) is 0. The minimum absolute atomic E-state index is 0.253. The third kappa shape index (κ3) is 5.18. The molecule has 4 nitrogen and oxygen atoms in total. The molecule has 0 atom stereocenters. The van der Waals surface area contributed by atoms with Gasteiger partial charge in [-0.3, -0.25) is 10.1 Å². The van der Waals surface area contributed by atoms with Crippen molar-refractivity contribution in [1.82, 2.24) is 5.32 Å². The fourth-order valence-corrected chi connectivity index (χ4v) is 2.93. The number of carbonyl (C=O) groups excluding carboxylic acids is 1. The molecule has 0 bridgehead atoms. The average molecular weight is 376 g/mol. The summed E-state index contributed by atoms with van der Waals surface area (Å²) in [5, 5.41) is 6.51. The third-order valence-corrected chi connectivity index (χ3v) is 4.34. The standard InChI is InChI=1S/C19H22ClN3OS/c1-4-23(5-2)16-9-10-17(13(3)11-16)21-19(25)22-18(24)14-7-6-8-15(20)12-14/h6-12H,4-5H2,1-3H3,(H2,21,22,24,25). The Hall–Kier alpha value is -2.11. The number of rotatable bonds is 5. The predicted molar refractivity (Wildman–Crippen MR) is 110 cm³/mol. The molecule has 2 aromatic rings. The van der Waals surface area contributed by atoms with E-state index >= 15 is 0 Å². The van der Waals surface area contributed by atoms with Gasteiger partial charge in [0.15, 0.2) is 5.11 Å². The van der Waals surface area contributed by atoms with Gasteiger partial charge in [-0.1, -0.05) is 17.7 Å². The summed E-state index contributed by atoms with van der Waals surface area (Å²) >= 11 is 11.2. The number of halogens is 1. The summed E-state index contributed by atoms with van der Waals surface area (Å²) in [6.07, 6.45) is 0. The maximum Gasteiger partial charge on any atom is 0.257 e. The zero-order chi connectivity index (χ0) is 18.4. The maximum absolute atomic E-state index is 12.2. The number of anilines is 2. The van der Waals surface area contributed by atoms with E-state index in [1.807, 2.05) is 19.1 Å². The highest BCUT2D eigenvalue weighted by atomic mass is 35.5. The Morgan fingerprint density at radius 1 is 1.16 bits per heavy atom. The summed E-state index contributed by atoms with van der Waals surface area (Å²) in [5.41, 5.74) is 3.56. The van der Waals surface area contributed by atoms with E-state index in [4.69, 9.17) is 23.8 Å². The van der Waals surface area contributed by atoms with Gasteiger partial charge in [-0.15, -0.1) is 0 Å². The van der Waals surface area contributed by atoms with Gasteiger partial charge >= 0.3 is 0 Å². The molecule has 0 saturated carbocycles. The van der Waals surface area contributed by atoms with Crippen LogP contribution in [-0.2, 0) is 0 Å². The number of hydrogen-bond donors (Lipinski definition) is 2. The first-order chi connectivity index (χ1) is 11.9. The van der Waals surface area contributed by atoms with E-state index in [2.05, 4.69) is 35.4 Å². The molecule has 0 aliphatic carbocycles. The molecule has 2 rings (SSSR count). The van der Waals surface area contributed by atoms with E-state index in [1.54, 1.807) is 24.3 Å². The molecule has 0 spiro atoms. The van der Waals surface area contributed by atoms with Crippen molar-refractivity contribution in [3.63, 3.8) is 0 Å². The third-order valence-electron chi connectivity index (χ3n) is 3.90. The molecule has 0 saturated heterocycles. The SMILES string of the molecule is CCN(CC)c1ccc(NC(=S)NC(=O)c2cccc(Cl)c2)c(C)c1. The van der Waals surface area contributed by atoms with Crippen LogP contribution in [0.15, 0.2) is 42.5 Å². The Morgan fingerprint density at radius 3 is 2.48 bits per heavy atom. The number of aryl methyl sites for hydroxylation is 1. The van der Waals surface area contributed by atoms with Crippen LogP contribution in [0.1, 0.15) is 29.8 Å². The van der Waals surface area contributed by atoms with Crippen LogP contribution >= 0.6 is 23.8 Å². The molecule has 25 heavy (non-hydrogen) atoms. The van der Waals surface area contributed by atoms with Crippen molar-refractivity contribution < 1.29 is 4.79 Å². The van der Waals surface area contributed by atoms with E-state index in [0.29, 0.717) is 10.6 Å². The minimum Gasteiger partial charge on any atom is -0.372 e. The van der Waals surface area contributed by atoms with Crippen molar-refractivity contribution in [2.75, 3.05) is 23.3 Å². The monoisotopic (exact) mass is 375 g/mol. The van der Waals surface area contributed by atoms with Crippen molar-refractivity contribution in [2.45, 2.75) is 20.8 Å². The van der Waals surface area contributed by atoms with E-state index in [1.165, 1.54) is 5.69 Å². The average Bonchev–Trinajstić information content (AvgIpc) is 2.58. The minimum atomic E-state index is -0.294. The topological polar surface area (TPSA) is 44.4 Å². The summed E-state index contributed by atoms with van der Waals surface area (Å²) < 4.78 is 0. The van der Waals surface area contributed by atoms with Crippen molar-refractivity contribution >= 4 is 46.2 Å². The Labute approximate surface area is 159 Å². The summed E-state index contributed by atoms with van der Waals surface area (Å²) in [5.74, 6) is -0.294. The van der Waals surface area contributed by atoms with Gasteiger partial charge in [0, 0.05) is 35.1 Å². The van der Waals surface area contributed by atoms with Crippen LogP contribution < -0.4 is 15.5 Å². The quantitative estimate of drug-likeness (QED) is 0.748. The molecule has 1 amide bonds. The van der Waals surface area contributed by atoms with Crippen molar-refractivity contribution in [3.8, 4) is 0 Å². The van der Waals surface area contributed by atoms with Crippen molar-refractivity contribution in [2.24, 2.45) is 0 Å². The lowest BCUT2D eigenvalue weighted by molar-refractivity contribution is 0.0977. The van der Waals surface area contributed by atoms with Gasteiger partial charge < -0.3 is 10.2 Å². The van der Waals surface area contributed by atoms with E-state index in [-0.39, 0.29) is 11.0 Å². The number of nitrogens with one attached hydrogen (secondary N) is 2. The molecule has 0 aliphatic rings. The zero-order valence-electron chi connectivity index (χ0n) is 14.6. The molecule has 2 aromatic carbocycles. The summed E-state index contributed by atoms with van der Waals surface area (Å²) in [6, 6.07) is 12.9. The molecule has 0 aromatic heterocycles. The number of nitrogens with zero attached hydrogens (tertiary/aromatic N) is 1. The van der Waals surface area contributed by atoms with Crippen LogP contribution in [0.2, 0.25) is 5.02 Å². The van der Waals surface area contributed by atoms with Gasteiger partial charge in [-0.05, 0) is 75.0 Å². The fourth-order valence-electron chi connectivity index (χ4n) is 2.53. The van der Waals surface area contributed by atoms with Gasteiger partial charge in [-0.25, -0.2) is 0 Å². The number of hydrogen-bond acceptors (Lipinski definition) is 3. The van der Waals surface area contributed by atoms with Gasteiger partial charge in [0.1, 0.15) is 0 Å². The Balaban J connectivity index is 2.04. The zero-order valence-corrected chi connectivity index (χ0v) is 16.2. The lowest BCUT2D eigenvalue weighted by Crippen LogP contribution is -2.34. The molecule has 0 fully saturated rings. The Morgan fingerprint density at radius 2 is 1.88 bits per heavy atom. The van der Waals surface area contributed by atoms with E-state index in [9.17, 15) is 4.79 Å². The first-order valence-electron chi connectivity index (χ1n) is 8.18. The highest BCUT2D eigenvalue weighted by Gasteiger charge is 2.10.